The maximum absolute atomic E-state index is 13.3. The summed E-state index contributed by atoms with van der Waals surface area (Å²) in [5.74, 6) is -1.63. The van der Waals surface area contributed by atoms with Gasteiger partial charge in [-0.25, -0.2) is 4.79 Å². The van der Waals surface area contributed by atoms with Gasteiger partial charge in [0.15, 0.2) is 0 Å². The maximum atomic E-state index is 13.3. The Kier molecular flexibility index (Phi) is 19.6. The first-order valence-corrected chi connectivity index (χ1v) is 21.7. The largest absolute Gasteiger partial charge is 0.323 e. The van der Waals surface area contributed by atoms with Crippen molar-refractivity contribution >= 4 is 221 Å². The second-order valence-electron chi connectivity index (χ2n) is 12.3. The minimum Gasteiger partial charge on any atom is -0.321 e. The number of anilines is 4. The van der Waals surface area contributed by atoms with Crippen molar-refractivity contribution in [3.63, 3.8) is 0 Å². The molecule has 4 radical (unpaired) electrons. The van der Waals surface area contributed by atoms with Gasteiger partial charge in [-0.05, 0) is 95.7 Å². The normalized spacial score (nSPS) is 11.4. The number of rotatable bonds is 10. The van der Waals surface area contributed by atoms with Gasteiger partial charge in [0, 0.05) is 152 Å². The van der Waals surface area contributed by atoms with E-state index in [9.17, 15) is 66.3 Å². The average molecular weight is 963 g/mol. The number of nitrogens with one attached hydrogen (secondary N) is 4. The van der Waals surface area contributed by atoms with E-state index in [4.69, 9.17) is 0 Å². The van der Waals surface area contributed by atoms with Crippen LogP contribution in [0, 0.1) is 0 Å². The molecule has 304 valence electrons. The van der Waals surface area contributed by atoms with Gasteiger partial charge in [0.1, 0.15) is 0 Å². The molecule has 0 saturated carbocycles. The Bertz CT molecular complexity index is 2990. The summed E-state index contributed by atoms with van der Waals surface area (Å²) in [6.45, 7) is 0. The van der Waals surface area contributed by atoms with Gasteiger partial charge in [-0.3, -0.25) is 27.8 Å². The average Bonchev–Trinajstić information content (AvgIpc) is 3.12. The van der Waals surface area contributed by atoms with E-state index < -0.39 is 77.9 Å². The summed E-state index contributed by atoms with van der Waals surface area (Å²) in [4.78, 5) is 37.1. The van der Waals surface area contributed by atoms with Crippen LogP contribution >= 0.6 is 0 Å². The number of urea groups is 1. The molecule has 0 aliphatic carbocycles. The predicted octanol–water partition coefficient (Wildman–Crippen LogP) is 3.61. The third-order valence-corrected chi connectivity index (χ3v) is 11.6. The summed E-state index contributed by atoms with van der Waals surface area (Å²) in [5.41, 5.74) is -0.204. The number of fused-ring (bicyclic) bond motifs is 2. The van der Waals surface area contributed by atoms with Crippen LogP contribution in [0.1, 0.15) is 20.7 Å². The fourth-order valence-electron chi connectivity index (χ4n) is 5.63. The smallest absolute Gasteiger partial charge is 0.321 e. The molecular weight excluding hydrogens is 937 g/mol. The zero-order valence-corrected chi connectivity index (χ0v) is 44.1. The van der Waals surface area contributed by atoms with Gasteiger partial charge in [-0.1, -0.05) is 24.3 Å². The zero-order valence-electron chi connectivity index (χ0n) is 32.8. The Morgan fingerprint density at radius 3 is 1.03 bits per heavy atom. The van der Waals surface area contributed by atoms with E-state index in [0.717, 1.165) is 48.5 Å². The van der Waals surface area contributed by atoms with Crippen LogP contribution in [0.3, 0.4) is 0 Å². The summed E-state index contributed by atoms with van der Waals surface area (Å²) in [5, 5.41) is 10.2. The number of carbonyl (C=O) groups excluding carboxylic acids is 3. The molecule has 0 heterocycles. The van der Waals surface area contributed by atoms with Crippen molar-refractivity contribution in [2.24, 2.45) is 0 Å². The first-order chi connectivity index (χ1) is 27.0. The van der Waals surface area contributed by atoms with Crippen molar-refractivity contribution in [1.29, 1.82) is 0 Å². The molecule has 0 aliphatic rings. The molecule has 0 aliphatic heterocycles. The third-order valence-electron chi connectivity index (χ3n) is 8.25. The first kappa shape index (κ1) is 55.8. The first-order valence-electron chi connectivity index (χ1n) is 15.9. The van der Waals surface area contributed by atoms with Crippen molar-refractivity contribution in [3.05, 3.63) is 120 Å². The molecule has 0 bridgehead atoms. The van der Waals surface area contributed by atoms with E-state index in [1.165, 1.54) is 60.7 Å². The Morgan fingerprint density at radius 2 is 0.710 bits per heavy atom. The van der Waals surface area contributed by atoms with E-state index in [2.05, 4.69) is 21.3 Å². The van der Waals surface area contributed by atoms with Crippen molar-refractivity contribution < 1.29 is 66.3 Å². The molecule has 0 atom stereocenters. The molecule has 19 nitrogen and oxygen atoms in total. The Balaban J connectivity index is 0.00000331. The molecule has 6 aromatic rings. The van der Waals surface area contributed by atoms with Crippen molar-refractivity contribution in [2.45, 2.75) is 19.6 Å². The minimum atomic E-state index is -4.85. The Labute approximate surface area is 442 Å². The third kappa shape index (κ3) is 13.9. The van der Waals surface area contributed by atoms with Crippen molar-refractivity contribution in [1.82, 2.24) is 0 Å². The molecule has 6 rings (SSSR count). The topological polar surface area (TPSA) is 317 Å². The van der Waals surface area contributed by atoms with Crippen LogP contribution in [0.2, 0.25) is 0 Å². The molecule has 4 amide bonds. The fourth-order valence-corrected chi connectivity index (χ4v) is 7.74. The standard InChI is InChI=1S/C35H26N4O15S4.4Na/c40-33(38-31-17-27(57(49,50)51)15-21-13-25(55(43,44)45)7-9-29(21)31)19-3-1-5-23(11-19)36-35(42)37-24-6-2-4-20(12-24)34(41)39-32-18-28(58(52,53)54)16-22-14-26(56(46,47)48)8-10-30(22)32;;;;/h1-18H,(H,38,40)(H,39,41)(H2,36,37,42)(H,43,44,45)(H,46,47,48)(H,49,50,51)(H,52,53,54);;;;. The summed E-state index contributed by atoms with van der Waals surface area (Å²) in [6, 6.07) is 20.2. The molecule has 0 unspecified atom stereocenters. The van der Waals surface area contributed by atoms with Gasteiger partial charge in [-0.2, -0.15) is 33.7 Å². The molecule has 27 heteroatoms. The van der Waals surface area contributed by atoms with E-state index in [1.54, 1.807) is 0 Å². The van der Waals surface area contributed by atoms with Gasteiger partial charge < -0.3 is 21.3 Å². The number of amides is 4. The number of hydrogen-bond acceptors (Lipinski definition) is 11. The minimum absolute atomic E-state index is 0. The SMILES string of the molecule is O=C(Nc1cccc(C(=O)Nc2cc(S(=O)(=O)O)cc3cc(S(=O)(=O)O)ccc23)c1)Nc1cccc(C(=O)Nc2cc(S(=O)(=O)O)cc3cc(S(=O)(=O)O)ccc23)c1.[Na].[Na].[Na].[Na]. The summed E-state index contributed by atoms with van der Waals surface area (Å²) in [7, 11) is -19.1. The number of carbonyl (C=O) groups is 3. The van der Waals surface area contributed by atoms with E-state index in [-0.39, 0.29) is 174 Å². The van der Waals surface area contributed by atoms with Gasteiger partial charge in [0.2, 0.25) is 0 Å². The van der Waals surface area contributed by atoms with E-state index in [0.29, 0.717) is 0 Å². The zero-order chi connectivity index (χ0) is 42.4. The van der Waals surface area contributed by atoms with Crippen LogP contribution in [0.5, 0.6) is 0 Å². The molecule has 0 spiro atoms. The Hall–Kier alpha value is -2.31. The molecule has 6 aromatic carbocycles. The summed E-state index contributed by atoms with van der Waals surface area (Å²) < 4.78 is 133. The molecule has 0 aromatic heterocycles. The fraction of sp³-hybridized carbons (Fsp3) is 0. The molecule has 0 fully saturated rings. The molecule has 0 saturated heterocycles. The van der Waals surface area contributed by atoms with Gasteiger partial charge in [-0.15, -0.1) is 0 Å². The van der Waals surface area contributed by atoms with Crippen LogP contribution in [-0.4, -0.2) is 188 Å². The quantitative estimate of drug-likeness (QED) is 0.0718. The molecule has 8 N–H and O–H groups in total. The maximum Gasteiger partial charge on any atom is 0.323 e. The summed E-state index contributed by atoms with van der Waals surface area (Å²) in [6.07, 6.45) is 0. The van der Waals surface area contributed by atoms with Crippen molar-refractivity contribution in [2.75, 3.05) is 21.3 Å². The van der Waals surface area contributed by atoms with Gasteiger partial charge in [0.25, 0.3) is 52.3 Å². The molecular formula is C35H26N4Na4O15S4. The van der Waals surface area contributed by atoms with E-state index in [1.807, 2.05) is 0 Å². The van der Waals surface area contributed by atoms with Crippen LogP contribution < -0.4 is 21.3 Å². The second kappa shape index (κ2) is 21.8. The van der Waals surface area contributed by atoms with Crippen LogP contribution in [0.25, 0.3) is 21.5 Å². The van der Waals surface area contributed by atoms with Gasteiger partial charge in [0.05, 0.1) is 31.0 Å². The second-order valence-corrected chi connectivity index (χ2v) is 17.9. The molecule has 62 heavy (non-hydrogen) atoms. The monoisotopic (exact) mass is 962 g/mol. The van der Waals surface area contributed by atoms with Crippen molar-refractivity contribution in [3.8, 4) is 0 Å². The van der Waals surface area contributed by atoms with E-state index >= 15 is 0 Å². The summed E-state index contributed by atoms with van der Waals surface area (Å²) >= 11 is 0. The number of hydrogen-bond donors (Lipinski definition) is 8. The van der Waals surface area contributed by atoms with Crippen LogP contribution in [0.4, 0.5) is 27.5 Å². The van der Waals surface area contributed by atoms with Crippen LogP contribution in [0.15, 0.2) is 129 Å². The van der Waals surface area contributed by atoms with Gasteiger partial charge >= 0.3 is 6.03 Å². The Morgan fingerprint density at radius 1 is 0.387 bits per heavy atom. The predicted molar refractivity (Wildman–Crippen MR) is 232 cm³/mol. The van der Waals surface area contributed by atoms with Crippen LogP contribution in [-0.2, 0) is 40.5 Å². The number of benzene rings is 6.